The second-order valence-corrected chi connectivity index (χ2v) is 3.75. The lowest BCUT2D eigenvalue weighted by Gasteiger charge is -2.35. The number of hydrogen-bond donors (Lipinski definition) is 0. The van der Waals surface area contributed by atoms with E-state index in [-0.39, 0.29) is 17.8 Å². The predicted molar refractivity (Wildman–Crippen MR) is 57.3 cm³/mol. The second kappa shape index (κ2) is 4.50. The van der Waals surface area contributed by atoms with Gasteiger partial charge in [-0.15, -0.1) is 0 Å². The first-order chi connectivity index (χ1) is 8.08. The summed E-state index contributed by atoms with van der Waals surface area (Å²) in [5.74, 6) is -0.381. The van der Waals surface area contributed by atoms with Gasteiger partial charge in [0.15, 0.2) is 6.10 Å². The maximum atomic E-state index is 10.8. The lowest BCUT2D eigenvalue weighted by molar-refractivity contribution is -0.385. The number of non-ortho nitro benzene ring substituents is 1. The molecule has 0 radical (unpaired) electrons. The van der Waals surface area contributed by atoms with Crippen molar-refractivity contribution < 1.29 is 19.2 Å². The molecule has 1 fully saturated rings. The predicted octanol–water partition coefficient (Wildman–Crippen LogP) is 1.60. The molecule has 17 heavy (non-hydrogen) atoms. The van der Waals surface area contributed by atoms with Crippen molar-refractivity contribution in [3.8, 4) is 0 Å². The minimum Gasteiger partial charge on any atom is -0.457 e. The fraction of sp³-hybridized carbons (Fsp3) is 0.364. The Morgan fingerprint density at radius 1 is 1.59 bits per heavy atom. The highest BCUT2D eigenvalue weighted by Gasteiger charge is 2.36. The molecule has 0 aromatic heterocycles. The molecule has 0 N–H and O–H groups in total. The number of rotatable bonds is 3. The van der Waals surface area contributed by atoms with Crippen LogP contribution in [0.1, 0.15) is 18.6 Å². The van der Waals surface area contributed by atoms with Gasteiger partial charge in [-0.3, -0.25) is 14.9 Å². The fourth-order valence-corrected chi connectivity index (χ4v) is 1.71. The molecule has 2 rings (SSSR count). The summed E-state index contributed by atoms with van der Waals surface area (Å²) in [6.07, 6.45) is -0.756. The van der Waals surface area contributed by atoms with Gasteiger partial charge in [0.25, 0.3) is 5.69 Å². The van der Waals surface area contributed by atoms with E-state index in [0.29, 0.717) is 12.2 Å². The molecule has 1 heterocycles. The minimum absolute atomic E-state index is 0.000394. The van der Waals surface area contributed by atoms with Crippen LogP contribution in [0.4, 0.5) is 5.69 Å². The Morgan fingerprint density at radius 3 is 2.88 bits per heavy atom. The standard InChI is InChI=1S/C11H11NO5/c1-7(13)17-10-6-16-11(10)8-3-2-4-9(5-8)12(14)15/h2-5,10-11H,6H2,1H3. The quantitative estimate of drug-likeness (QED) is 0.453. The molecule has 1 aromatic rings. The Bertz CT molecular complexity index is 459. The van der Waals surface area contributed by atoms with E-state index in [0.717, 1.165) is 0 Å². The first-order valence-electron chi connectivity index (χ1n) is 5.11. The zero-order valence-electron chi connectivity index (χ0n) is 9.16. The smallest absolute Gasteiger partial charge is 0.303 e. The SMILES string of the molecule is CC(=O)OC1COC1c1cccc([N+](=O)[O-])c1. The number of carbonyl (C=O) groups excluding carboxylic acids is 1. The van der Waals surface area contributed by atoms with Crippen molar-refractivity contribution in [1.82, 2.24) is 0 Å². The topological polar surface area (TPSA) is 78.7 Å². The number of nitro benzene ring substituents is 1. The first-order valence-corrected chi connectivity index (χ1v) is 5.11. The Balaban J connectivity index is 2.14. The van der Waals surface area contributed by atoms with E-state index in [2.05, 4.69) is 0 Å². The molecular weight excluding hydrogens is 226 g/mol. The van der Waals surface area contributed by atoms with Gasteiger partial charge in [-0.05, 0) is 5.56 Å². The van der Waals surface area contributed by atoms with Gasteiger partial charge in [0.1, 0.15) is 6.10 Å². The van der Waals surface area contributed by atoms with Gasteiger partial charge in [-0.2, -0.15) is 0 Å². The van der Waals surface area contributed by atoms with Crippen LogP contribution in [-0.2, 0) is 14.3 Å². The van der Waals surface area contributed by atoms with Crippen LogP contribution >= 0.6 is 0 Å². The monoisotopic (exact) mass is 237 g/mol. The highest BCUT2D eigenvalue weighted by atomic mass is 16.6. The van der Waals surface area contributed by atoms with Crippen LogP contribution in [0.2, 0.25) is 0 Å². The molecule has 6 nitrogen and oxygen atoms in total. The molecule has 2 unspecified atom stereocenters. The second-order valence-electron chi connectivity index (χ2n) is 3.75. The zero-order chi connectivity index (χ0) is 12.4. The highest BCUT2D eigenvalue weighted by Crippen LogP contribution is 2.33. The number of nitro groups is 1. The highest BCUT2D eigenvalue weighted by molar-refractivity contribution is 5.66. The summed E-state index contributed by atoms with van der Waals surface area (Å²) in [6, 6.07) is 6.14. The number of carbonyl (C=O) groups is 1. The van der Waals surface area contributed by atoms with Crippen LogP contribution in [-0.4, -0.2) is 23.6 Å². The molecule has 0 amide bonds. The Morgan fingerprint density at radius 2 is 2.35 bits per heavy atom. The lowest BCUT2D eigenvalue weighted by Crippen LogP contribution is -2.40. The number of esters is 1. The molecule has 6 heteroatoms. The zero-order valence-corrected chi connectivity index (χ0v) is 9.16. The van der Waals surface area contributed by atoms with Crippen molar-refractivity contribution in [2.45, 2.75) is 19.1 Å². The minimum atomic E-state index is -0.469. The average Bonchev–Trinajstić information content (AvgIpc) is 2.25. The van der Waals surface area contributed by atoms with Gasteiger partial charge < -0.3 is 9.47 Å². The molecule has 0 aliphatic carbocycles. The van der Waals surface area contributed by atoms with E-state index >= 15 is 0 Å². The summed E-state index contributed by atoms with van der Waals surface area (Å²) in [5.41, 5.74) is 0.649. The summed E-state index contributed by atoms with van der Waals surface area (Å²) in [5, 5.41) is 10.6. The van der Waals surface area contributed by atoms with Crippen LogP contribution in [0, 0.1) is 10.1 Å². The number of benzene rings is 1. The van der Waals surface area contributed by atoms with Crippen LogP contribution in [0.15, 0.2) is 24.3 Å². The Labute approximate surface area is 97.3 Å². The molecule has 0 spiro atoms. The third kappa shape index (κ3) is 2.42. The normalized spacial score (nSPS) is 22.6. The van der Waals surface area contributed by atoms with E-state index in [1.807, 2.05) is 0 Å². The number of hydrogen-bond acceptors (Lipinski definition) is 5. The Kier molecular flexibility index (Phi) is 3.06. The fourth-order valence-electron chi connectivity index (χ4n) is 1.71. The maximum Gasteiger partial charge on any atom is 0.303 e. The maximum absolute atomic E-state index is 10.8. The third-order valence-corrected chi connectivity index (χ3v) is 2.50. The van der Waals surface area contributed by atoms with E-state index in [1.54, 1.807) is 12.1 Å². The van der Waals surface area contributed by atoms with Crippen molar-refractivity contribution in [3.05, 3.63) is 39.9 Å². The summed E-state index contributed by atoms with van der Waals surface area (Å²) < 4.78 is 10.3. The van der Waals surface area contributed by atoms with E-state index in [1.165, 1.54) is 19.1 Å². The van der Waals surface area contributed by atoms with Gasteiger partial charge in [0, 0.05) is 19.1 Å². The average molecular weight is 237 g/mol. The van der Waals surface area contributed by atoms with Gasteiger partial charge in [-0.1, -0.05) is 12.1 Å². The van der Waals surface area contributed by atoms with Crippen LogP contribution in [0.3, 0.4) is 0 Å². The molecular formula is C11H11NO5. The van der Waals surface area contributed by atoms with Crippen molar-refractivity contribution in [2.24, 2.45) is 0 Å². The molecule has 1 aliphatic rings. The van der Waals surface area contributed by atoms with Gasteiger partial charge >= 0.3 is 5.97 Å². The summed E-state index contributed by atoms with van der Waals surface area (Å²) in [7, 11) is 0. The molecule has 0 bridgehead atoms. The van der Waals surface area contributed by atoms with Gasteiger partial charge in [0.2, 0.25) is 0 Å². The van der Waals surface area contributed by atoms with Crippen LogP contribution in [0.5, 0.6) is 0 Å². The Hall–Kier alpha value is -1.95. The van der Waals surface area contributed by atoms with Gasteiger partial charge in [-0.25, -0.2) is 0 Å². The van der Waals surface area contributed by atoms with Crippen molar-refractivity contribution in [1.29, 1.82) is 0 Å². The van der Waals surface area contributed by atoms with E-state index < -0.39 is 11.0 Å². The first kappa shape index (κ1) is 11.5. The van der Waals surface area contributed by atoms with Crippen molar-refractivity contribution >= 4 is 11.7 Å². The largest absolute Gasteiger partial charge is 0.457 e. The molecule has 1 aliphatic heterocycles. The summed E-state index contributed by atoms with van der Waals surface area (Å²) in [6.45, 7) is 1.65. The van der Waals surface area contributed by atoms with Gasteiger partial charge in [0.05, 0.1) is 11.5 Å². The third-order valence-electron chi connectivity index (χ3n) is 2.50. The molecule has 90 valence electrons. The van der Waals surface area contributed by atoms with Crippen LogP contribution < -0.4 is 0 Å². The molecule has 1 aromatic carbocycles. The molecule has 2 atom stereocenters. The van der Waals surface area contributed by atoms with Crippen LogP contribution in [0.25, 0.3) is 0 Å². The summed E-state index contributed by atoms with van der Waals surface area (Å²) in [4.78, 5) is 21.0. The number of nitrogens with zero attached hydrogens (tertiary/aromatic N) is 1. The number of ether oxygens (including phenoxy) is 2. The van der Waals surface area contributed by atoms with Crippen molar-refractivity contribution in [2.75, 3.05) is 6.61 Å². The lowest BCUT2D eigenvalue weighted by atomic mass is 10.00. The summed E-state index contributed by atoms with van der Waals surface area (Å²) >= 11 is 0. The van der Waals surface area contributed by atoms with E-state index in [9.17, 15) is 14.9 Å². The molecule has 0 saturated carbocycles. The van der Waals surface area contributed by atoms with Crippen molar-refractivity contribution in [3.63, 3.8) is 0 Å². The van der Waals surface area contributed by atoms with E-state index in [4.69, 9.17) is 9.47 Å². The molecule has 1 saturated heterocycles.